The van der Waals surface area contributed by atoms with Gasteiger partial charge in [0, 0.05) is 11.1 Å². The van der Waals surface area contributed by atoms with Crippen LogP contribution in [0.1, 0.15) is 10.4 Å². The van der Waals surface area contributed by atoms with Gasteiger partial charge >= 0.3 is 11.5 Å². The van der Waals surface area contributed by atoms with E-state index in [4.69, 9.17) is 0 Å². The van der Waals surface area contributed by atoms with Gasteiger partial charge < -0.3 is 4.74 Å². The van der Waals surface area contributed by atoms with Crippen LogP contribution < -0.4 is 0 Å². The van der Waals surface area contributed by atoms with Crippen LogP contribution in [0.4, 0.5) is 13.2 Å². The molecule has 0 N–H and O–H groups in total. The van der Waals surface area contributed by atoms with Gasteiger partial charge in [0.1, 0.15) is 0 Å². The molecule has 2 rings (SSSR count). The van der Waals surface area contributed by atoms with E-state index in [0.29, 0.717) is 4.88 Å². The van der Waals surface area contributed by atoms with Crippen molar-refractivity contribution in [3.05, 3.63) is 35.3 Å². The first-order valence-corrected chi connectivity index (χ1v) is 6.98. The summed E-state index contributed by atoms with van der Waals surface area (Å²) in [7, 11) is 1.16. The maximum Gasteiger partial charge on any atom is 0.446 e. The molecule has 0 aliphatic rings. The van der Waals surface area contributed by atoms with Crippen LogP contribution in [-0.2, 0) is 4.74 Å². The minimum atomic E-state index is -4.46. The van der Waals surface area contributed by atoms with Crippen molar-refractivity contribution < 1.29 is 22.7 Å². The van der Waals surface area contributed by atoms with Crippen LogP contribution in [-0.4, -0.2) is 23.6 Å². The van der Waals surface area contributed by atoms with Gasteiger partial charge in [-0.2, -0.15) is 13.2 Å². The lowest BCUT2D eigenvalue weighted by atomic mass is 10.2. The van der Waals surface area contributed by atoms with E-state index in [1.54, 1.807) is 17.5 Å². The summed E-state index contributed by atoms with van der Waals surface area (Å²) in [6.07, 6.45) is 1.21. The third kappa shape index (κ3) is 3.51. The number of thioether (sulfide) groups is 1. The molecule has 8 heteroatoms. The van der Waals surface area contributed by atoms with Crippen molar-refractivity contribution in [3.8, 4) is 10.6 Å². The normalized spacial score (nSPS) is 11.4. The molecule has 2 heterocycles. The van der Waals surface area contributed by atoms with Crippen LogP contribution in [0.2, 0.25) is 0 Å². The topological polar surface area (TPSA) is 39.2 Å². The van der Waals surface area contributed by atoms with Gasteiger partial charge in [-0.25, -0.2) is 4.79 Å². The minimum absolute atomic E-state index is 0.0143. The van der Waals surface area contributed by atoms with Crippen molar-refractivity contribution in [2.75, 3.05) is 7.11 Å². The molecule has 0 aromatic carbocycles. The summed E-state index contributed by atoms with van der Waals surface area (Å²) in [6, 6.07) is 4.54. The lowest BCUT2D eigenvalue weighted by Crippen LogP contribution is -2.05. The van der Waals surface area contributed by atoms with Crippen molar-refractivity contribution in [2.45, 2.75) is 10.4 Å². The molecule has 0 radical (unpaired) electrons. The molecule has 0 amide bonds. The van der Waals surface area contributed by atoms with Crippen molar-refractivity contribution in [1.82, 2.24) is 4.98 Å². The Morgan fingerprint density at radius 3 is 2.75 bits per heavy atom. The van der Waals surface area contributed by atoms with Crippen molar-refractivity contribution in [3.63, 3.8) is 0 Å². The van der Waals surface area contributed by atoms with E-state index in [1.165, 1.54) is 17.5 Å². The zero-order valence-corrected chi connectivity index (χ0v) is 11.7. The molecule has 2 aromatic heterocycles. The second kappa shape index (κ2) is 5.84. The molecule has 2 aromatic rings. The average molecular weight is 319 g/mol. The van der Waals surface area contributed by atoms with Crippen LogP contribution >= 0.6 is 23.1 Å². The fourth-order valence-corrected chi connectivity index (χ4v) is 2.97. The monoisotopic (exact) mass is 319 g/mol. The van der Waals surface area contributed by atoms with Gasteiger partial charge in [-0.05, 0) is 29.3 Å². The molecule has 0 atom stereocenters. The van der Waals surface area contributed by atoms with Crippen LogP contribution in [0.15, 0.2) is 34.7 Å². The smallest absolute Gasteiger partial charge is 0.446 e. The van der Waals surface area contributed by atoms with E-state index in [-0.39, 0.29) is 27.9 Å². The maximum atomic E-state index is 12.6. The third-order valence-corrected chi connectivity index (χ3v) is 3.89. The van der Waals surface area contributed by atoms with Crippen LogP contribution in [0.3, 0.4) is 0 Å². The molecule has 106 valence electrons. The van der Waals surface area contributed by atoms with Gasteiger partial charge in [-0.3, -0.25) is 4.98 Å². The Morgan fingerprint density at radius 2 is 2.20 bits per heavy atom. The van der Waals surface area contributed by atoms with Crippen molar-refractivity contribution >= 4 is 29.1 Å². The van der Waals surface area contributed by atoms with E-state index >= 15 is 0 Å². The quantitative estimate of drug-likeness (QED) is 0.627. The zero-order valence-electron chi connectivity index (χ0n) is 10.1. The molecule has 0 unspecified atom stereocenters. The first-order chi connectivity index (χ1) is 9.40. The molecule has 20 heavy (non-hydrogen) atoms. The summed E-state index contributed by atoms with van der Waals surface area (Å²) in [5.74, 6) is -0.723. The number of carbonyl (C=O) groups excluding carboxylic acids is 1. The summed E-state index contributed by atoms with van der Waals surface area (Å²) in [4.78, 5) is 15.8. The number of alkyl halides is 3. The van der Waals surface area contributed by atoms with E-state index in [1.807, 2.05) is 0 Å². The Balaban J connectivity index is 2.49. The van der Waals surface area contributed by atoms with E-state index in [2.05, 4.69) is 9.72 Å². The fourth-order valence-electron chi connectivity index (χ4n) is 1.47. The first-order valence-electron chi connectivity index (χ1n) is 5.28. The van der Waals surface area contributed by atoms with E-state index in [9.17, 15) is 18.0 Å². The van der Waals surface area contributed by atoms with Crippen LogP contribution in [0.25, 0.3) is 10.6 Å². The van der Waals surface area contributed by atoms with Gasteiger partial charge in [0.05, 0.1) is 23.2 Å². The van der Waals surface area contributed by atoms with Gasteiger partial charge in [0.15, 0.2) is 0 Å². The molecule has 0 spiro atoms. The fraction of sp³-hybridized carbons (Fsp3) is 0.167. The highest BCUT2D eigenvalue weighted by Gasteiger charge is 2.31. The zero-order chi connectivity index (χ0) is 14.8. The highest BCUT2D eigenvalue weighted by molar-refractivity contribution is 8.00. The molecule has 0 bridgehead atoms. The van der Waals surface area contributed by atoms with Gasteiger partial charge in [0.2, 0.25) is 0 Å². The lowest BCUT2D eigenvalue weighted by molar-refractivity contribution is -0.0328. The number of hydrogen-bond donors (Lipinski definition) is 0. The number of carbonyl (C=O) groups is 1. The van der Waals surface area contributed by atoms with Gasteiger partial charge in [-0.1, -0.05) is 6.07 Å². The predicted octanol–water partition coefficient (Wildman–Crippen LogP) is 4.21. The first kappa shape index (κ1) is 14.9. The number of halogens is 3. The van der Waals surface area contributed by atoms with E-state index < -0.39 is 11.5 Å². The average Bonchev–Trinajstić information content (AvgIpc) is 2.89. The lowest BCUT2D eigenvalue weighted by Gasteiger charge is -2.10. The standard InChI is InChI=1S/C12H8F3NO2S2/c1-18-11(17)7-5-9(20-12(13,14)15)10(16-6-7)8-3-2-4-19-8/h2-6H,1H3. The molecule has 0 saturated carbocycles. The number of nitrogens with zero attached hydrogens (tertiary/aromatic N) is 1. The maximum absolute atomic E-state index is 12.6. The molecular weight excluding hydrogens is 311 g/mol. The number of rotatable bonds is 3. The Morgan fingerprint density at radius 1 is 1.45 bits per heavy atom. The second-order valence-corrected chi connectivity index (χ2v) is 5.64. The summed E-state index contributed by atoms with van der Waals surface area (Å²) in [5, 5.41) is 1.74. The van der Waals surface area contributed by atoms with Crippen molar-refractivity contribution in [2.24, 2.45) is 0 Å². The highest BCUT2D eigenvalue weighted by Crippen LogP contribution is 2.42. The Hall–Kier alpha value is -1.54. The van der Waals surface area contributed by atoms with Gasteiger partial charge in [0.25, 0.3) is 0 Å². The largest absolute Gasteiger partial charge is 0.465 e. The van der Waals surface area contributed by atoms with E-state index in [0.717, 1.165) is 13.2 Å². The Labute approximate surface area is 120 Å². The SMILES string of the molecule is COC(=O)c1cnc(-c2cccs2)c(SC(F)(F)F)c1. The van der Waals surface area contributed by atoms with Gasteiger partial charge in [-0.15, -0.1) is 11.3 Å². The van der Waals surface area contributed by atoms with Crippen LogP contribution in [0.5, 0.6) is 0 Å². The number of hydrogen-bond acceptors (Lipinski definition) is 5. The summed E-state index contributed by atoms with van der Waals surface area (Å²) >= 11 is 0.981. The number of thiophene rings is 1. The molecule has 0 saturated heterocycles. The molecule has 0 fully saturated rings. The number of aromatic nitrogens is 1. The number of ether oxygens (including phenoxy) is 1. The molecule has 0 aliphatic carbocycles. The summed E-state index contributed by atoms with van der Waals surface area (Å²) in [6.45, 7) is 0. The predicted molar refractivity (Wildman–Crippen MR) is 70.8 cm³/mol. The van der Waals surface area contributed by atoms with Crippen LogP contribution in [0, 0.1) is 0 Å². The molecule has 0 aliphatic heterocycles. The minimum Gasteiger partial charge on any atom is -0.465 e. The highest BCUT2D eigenvalue weighted by atomic mass is 32.2. The summed E-state index contributed by atoms with van der Waals surface area (Å²) < 4.78 is 42.3. The summed E-state index contributed by atoms with van der Waals surface area (Å²) in [5.41, 5.74) is -4.27. The Bertz CT molecular complexity index is 612. The number of methoxy groups -OCH3 is 1. The number of pyridine rings is 1. The molecule has 3 nitrogen and oxygen atoms in total. The number of esters is 1. The second-order valence-electron chi connectivity index (χ2n) is 3.59. The molecular formula is C12H8F3NO2S2. The third-order valence-electron chi connectivity index (χ3n) is 2.25. The Kier molecular flexibility index (Phi) is 4.34. The van der Waals surface area contributed by atoms with Crippen molar-refractivity contribution in [1.29, 1.82) is 0 Å².